The summed E-state index contributed by atoms with van der Waals surface area (Å²) in [6.07, 6.45) is 5.16. The zero-order valence-electron chi connectivity index (χ0n) is 19.4. The first kappa shape index (κ1) is 22.0. The van der Waals surface area contributed by atoms with Crippen molar-refractivity contribution in [3.05, 3.63) is 65.5 Å². The third kappa shape index (κ3) is 3.93. The molecule has 1 N–H and O–H groups in total. The fourth-order valence-corrected chi connectivity index (χ4v) is 5.82. The summed E-state index contributed by atoms with van der Waals surface area (Å²) in [7, 11) is 0. The topological polar surface area (TPSA) is 74.8 Å². The van der Waals surface area contributed by atoms with Crippen LogP contribution in [0.15, 0.2) is 48.8 Å². The Morgan fingerprint density at radius 2 is 1.85 bits per heavy atom. The van der Waals surface area contributed by atoms with Crippen molar-refractivity contribution in [1.82, 2.24) is 20.1 Å². The van der Waals surface area contributed by atoms with E-state index < -0.39 is 11.5 Å². The molecule has 0 aliphatic carbocycles. The number of hydrogen-bond donors (Lipinski definition) is 1. The van der Waals surface area contributed by atoms with Gasteiger partial charge in [0.25, 0.3) is 5.91 Å². The molecule has 7 heteroatoms. The van der Waals surface area contributed by atoms with Crippen molar-refractivity contribution in [1.29, 1.82) is 0 Å². The molecule has 174 valence electrons. The van der Waals surface area contributed by atoms with Gasteiger partial charge in [0.15, 0.2) is 0 Å². The van der Waals surface area contributed by atoms with Gasteiger partial charge >= 0.3 is 0 Å². The fraction of sp³-hybridized carbons (Fsp3) is 0.500. The third-order valence-corrected chi connectivity index (χ3v) is 7.38. The van der Waals surface area contributed by atoms with Crippen LogP contribution in [0.1, 0.15) is 54.1 Å². The van der Waals surface area contributed by atoms with E-state index in [0.717, 1.165) is 38.0 Å². The number of nitrogens with one attached hydrogen (secondary N) is 1. The van der Waals surface area contributed by atoms with Crippen LogP contribution in [0.4, 0.5) is 0 Å². The Bertz CT molecular complexity index is 1010. The number of nitrogens with zero attached hydrogens (tertiary/aromatic N) is 3. The number of amides is 2. The molecule has 0 saturated carbocycles. The minimum atomic E-state index is -0.539. The van der Waals surface area contributed by atoms with Gasteiger partial charge < -0.3 is 15.0 Å². The minimum absolute atomic E-state index is 0.0000556. The molecule has 1 spiro atoms. The van der Waals surface area contributed by atoms with Gasteiger partial charge in [-0.2, -0.15) is 0 Å². The summed E-state index contributed by atoms with van der Waals surface area (Å²) < 4.78 is 5.29. The number of fused-ring (bicyclic) bond motifs is 1. The first-order valence-electron chi connectivity index (χ1n) is 11.9. The van der Waals surface area contributed by atoms with E-state index in [1.807, 2.05) is 53.7 Å². The molecule has 1 atom stereocenters. The Morgan fingerprint density at radius 1 is 1.15 bits per heavy atom. The average Bonchev–Trinajstić information content (AvgIpc) is 2.78. The van der Waals surface area contributed by atoms with Crippen LogP contribution >= 0.6 is 0 Å². The van der Waals surface area contributed by atoms with E-state index in [-0.39, 0.29) is 23.9 Å². The molecular weight excluding hydrogens is 416 g/mol. The number of hydrogen-bond acceptors (Lipinski definition) is 5. The Kier molecular flexibility index (Phi) is 5.93. The van der Waals surface area contributed by atoms with Gasteiger partial charge in [0.2, 0.25) is 5.91 Å². The van der Waals surface area contributed by atoms with E-state index >= 15 is 0 Å². The second-order valence-corrected chi connectivity index (χ2v) is 9.77. The first-order chi connectivity index (χ1) is 16.0. The van der Waals surface area contributed by atoms with Crippen molar-refractivity contribution in [3.63, 3.8) is 0 Å². The molecule has 1 aromatic carbocycles. The van der Waals surface area contributed by atoms with Crippen LogP contribution in [0.25, 0.3) is 0 Å². The van der Waals surface area contributed by atoms with Gasteiger partial charge in [-0.3, -0.25) is 19.5 Å². The predicted octanol–water partition coefficient (Wildman–Crippen LogP) is 2.58. The standard InChI is InChI=1S/C26H32N4O3/c1-18(2)30-25(32)22-6-4-3-5-21(22)23(24(31)28-20-16-33-17-20)26(30)9-13-29(14-10-26)15-19-7-11-27-12-8-19/h3-8,11-12,18,20,23H,9-10,13-17H2,1-2H3,(H,28,31). The highest BCUT2D eigenvalue weighted by Gasteiger charge is 2.56. The van der Waals surface area contributed by atoms with Crippen LogP contribution in [0.3, 0.4) is 0 Å². The summed E-state index contributed by atoms with van der Waals surface area (Å²) in [5.41, 5.74) is 2.20. The Morgan fingerprint density at radius 3 is 2.48 bits per heavy atom. The Labute approximate surface area is 195 Å². The maximum Gasteiger partial charge on any atom is 0.254 e. The van der Waals surface area contributed by atoms with Crippen LogP contribution in [-0.4, -0.2) is 70.5 Å². The lowest BCUT2D eigenvalue weighted by atomic mass is 9.66. The number of aromatic nitrogens is 1. The molecule has 0 radical (unpaired) electrons. The molecule has 1 unspecified atom stereocenters. The monoisotopic (exact) mass is 448 g/mol. The lowest BCUT2D eigenvalue weighted by Crippen LogP contribution is -2.67. The zero-order valence-corrected chi connectivity index (χ0v) is 19.4. The van der Waals surface area contributed by atoms with Crippen molar-refractivity contribution in [2.75, 3.05) is 26.3 Å². The van der Waals surface area contributed by atoms with Gasteiger partial charge in [-0.1, -0.05) is 18.2 Å². The number of carbonyl (C=O) groups excluding carboxylic acids is 2. The van der Waals surface area contributed by atoms with Crippen LogP contribution in [0, 0.1) is 0 Å². The maximum absolute atomic E-state index is 13.8. The summed E-state index contributed by atoms with van der Waals surface area (Å²) in [5, 5.41) is 3.20. The number of piperidine rings is 1. The highest BCUT2D eigenvalue weighted by Crippen LogP contribution is 2.48. The zero-order chi connectivity index (χ0) is 23.0. The number of likely N-dealkylation sites (tertiary alicyclic amines) is 1. The lowest BCUT2D eigenvalue weighted by Gasteiger charge is -2.56. The number of pyridine rings is 1. The quantitative estimate of drug-likeness (QED) is 0.761. The average molecular weight is 449 g/mol. The molecule has 0 bridgehead atoms. The summed E-state index contributed by atoms with van der Waals surface area (Å²) in [6.45, 7) is 7.74. The SMILES string of the molecule is CC(C)N1C(=O)c2ccccc2C(C(=O)NC2COC2)C12CCN(Cc1ccncc1)CC2. The molecule has 2 saturated heterocycles. The highest BCUT2D eigenvalue weighted by molar-refractivity contribution is 6.02. The molecule has 2 amide bonds. The molecule has 1 aromatic heterocycles. The minimum Gasteiger partial charge on any atom is -0.377 e. The van der Waals surface area contributed by atoms with Gasteiger partial charge in [-0.05, 0) is 56.0 Å². The van der Waals surface area contributed by atoms with E-state index in [2.05, 4.69) is 29.0 Å². The van der Waals surface area contributed by atoms with Gasteiger partial charge in [0.1, 0.15) is 0 Å². The second-order valence-electron chi connectivity index (χ2n) is 9.77. The van der Waals surface area contributed by atoms with E-state index in [9.17, 15) is 9.59 Å². The molecule has 2 aromatic rings. The molecule has 3 aliphatic rings. The van der Waals surface area contributed by atoms with Gasteiger partial charge in [0.05, 0.1) is 30.7 Å². The van der Waals surface area contributed by atoms with Crippen molar-refractivity contribution in [2.45, 2.75) is 56.8 Å². The van der Waals surface area contributed by atoms with Crippen LogP contribution in [0.2, 0.25) is 0 Å². The molecule has 5 rings (SSSR count). The lowest BCUT2D eigenvalue weighted by molar-refractivity contribution is -0.132. The summed E-state index contributed by atoms with van der Waals surface area (Å²) in [6, 6.07) is 11.8. The van der Waals surface area contributed by atoms with Crippen LogP contribution < -0.4 is 5.32 Å². The number of ether oxygens (including phenoxy) is 1. The highest BCUT2D eigenvalue weighted by atomic mass is 16.5. The molecule has 3 aliphatic heterocycles. The largest absolute Gasteiger partial charge is 0.377 e. The predicted molar refractivity (Wildman–Crippen MR) is 125 cm³/mol. The molecule has 33 heavy (non-hydrogen) atoms. The number of carbonyl (C=O) groups is 2. The molecule has 7 nitrogen and oxygen atoms in total. The van der Waals surface area contributed by atoms with Crippen LogP contribution in [-0.2, 0) is 16.1 Å². The second kappa shape index (κ2) is 8.88. The van der Waals surface area contributed by atoms with E-state index in [1.54, 1.807) is 0 Å². The smallest absolute Gasteiger partial charge is 0.254 e. The van der Waals surface area contributed by atoms with Crippen molar-refractivity contribution < 1.29 is 14.3 Å². The van der Waals surface area contributed by atoms with Gasteiger partial charge in [0, 0.05) is 43.6 Å². The Hall–Kier alpha value is -2.77. The van der Waals surface area contributed by atoms with Crippen molar-refractivity contribution in [3.8, 4) is 0 Å². The Balaban J connectivity index is 1.49. The van der Waals surface area contributed by atoms with E-state index in [1.165, 1.54) is 5.56 Å². The molecular formula is C26H32N4O3. The summed E-state index contributed by atoms with van der Waals surface area (Å²) in [4.78, 5) is 36.0. The normalized spacial score (nSPS) is 22.8. The summed E-state index contributed by atoms with van der Waals surface area (Å²) >= 11 is 0. The third-order valence-electron chi connectivity index (χ3n) is 7.38. The molecule has 2 fully saturated rings. The van der Waals surface area contributed by atoms with E-state index in [0.29, 0.717) is 18.8 Å². The van der Waals surface area contributed by atoms with Gasteiger partial charge in [-0.25, -0.2) is 0 Å². The van der Waals surface area contributed by atoms with Crippen molar-refractivity contribution in [2.24, 2.45) is 0 Å². The first-order valence-corrected chi connectivity index (χ1v) is 11.9. The number of benzene rings is 1. The maximum atomic E-state index is 13.8. The van der Waals surface area contributed by atoms with Crippen LogP contribution in [0.5, 0.6) is 0 Å². The molecule has 4 heterocycles. The summed E-state index contributed by atoms with van der Waals surface area (Å²) in [5.74, 6) is -0.340. The fourth-order valence-electron chi connectivity index (χ4n) is 5.82. The van der Waals surface area contributed by atoms with E-state index in [4.69, 9.17) is 4.74 Å². The van der Waals surface area contributed by atoms with Crippen molar-refractivity contribution >= 4 is 11.8 Å². The van der Waals surface area contributed by atoms with Gasteiger partial charge in [-0.15, -0.1) is 0 Å². The number of rotatable bonds is 5.